The lowest BCUT2D eigenvalue weighted by Gasteiger charge is -2.45. The highest BCUT2D eigenvalue weighted by atomic mass is 79.9. The Morgan fingerprint density at radius 3 is 2.25 bits per heavy atom. The molecular formula is C17H24BrNO. The number of anilines is 1. The van der Waals surface area contributed by atoms with E-state index in [9.17, 15) is 5.11 Å². The molecule has 1 aromatic rings. The maximum atomic E-state index is 9.95. The number of halogens is 1. The van der Waals surface area contributed by atoms with E-state index in [0.29, 0.717) is 5.41 Å². The lowest BCUT2D eigenvalue weighted by Crippen LogP contribution is -2.47. The largest absolute Gasteiger partial charge is 0.394 e. The fourth-order valence-electron chi connectivity index (χ4n) is 4.05. The molecule has 2 N–H and O–H groups in total. The van der Waals surface area contributed by atoms with Crippen LogP contribution in [0.4, 0.5) is 5.69 Å². The van der Waals surface area contributed by atoms with Crippen LogP contribution in [0.2, 0.25) is 0 Å². The highest BCUT2D eigenvalue weighted by Crippen LogP contribution is 2.51. The van der Waals surface area contributed by atoms with Crippen LogP contribution in [0.25, 0.3) is 0 Å². The molecule has 0 radical (unpaired) electrons. The summed E-state index contributed by atoms with van der Waals surface area (Å²) >= 11 is 3.59. The van der Waals surface area contributed by atoms with Gasteiger partial charge in [0.1, 0.15) is 0 Å². The predicted octanol–water partition coefficient (Wildman–Crippen LogP) is 4.73. The van der Waals surface area contributed by atoms with Gasteiger partial charge >= 0.3 is 0 Å². The number of aliphatic hydroxyl groups is 1. The zero-order valence-electron chi connectivity index (χ0n) is 12.0. The number of hydrogen-bond acceptors (Lipinski definition) is 2. The van der Waals surface area contributed by atoms with Crippen LogP contribution < -0.4 is 5.32 Å². The second kappa shape index (κ2) is 5.69. The quantitative estimate of drug-likeness (QED) is 0.835. The lowest BCUT2D eigenvalue weighted by atomic mass is 9.66. The summed E-state index contributed by atoms with van der Waals surface area (Å²) < 4.78 is 1.08. The normalized spacial score (nSPS) is 23.9. The van der Waals surface area contributed by atoms with Gasteiger partial charge in [0, 0.05) is 10.2 Å². The third-order valence-corrected chi connectivity index (χ3v) is 6.20. The lowest BCUT2D eigenvalue weighted by molar-refractivity contribution is 0.100. The van der Waals surface area contributed by atoms with Crippen LogP contribution in [0.3, 0.4) is 0 Å². The first-order chi connectivity index (χ1) is 9.67. The van der Waals surface area contributed by atoms with Gasteiger partial charge in [-0.15, -0.1) is 0 Å². The van der Waals surface area contributed by atoms with Gasteiger partial charge in [0.2, 0.25) is 0 Å². The zero-order chi connectivity index (χ0) is 14.1. The van der Waals surface area contributed by atoms with E-state index >= 15 is 0 Å². The standard InChI is InChI=1S/C17H24BrNO/c18-14-5-1-2-6-15(14)19-17(13-20)11-9-16(10-12-17)7-3-4-8-16/h1-2,5-6,19-20H,3-4,7-13H2. The van der Waals surface area contributed by atoms with E-state index in [0.717, 1.165) is 23.0 Å². The molecule has 3 heteroatoms. The molecule has 0 amide bonds. The number of aliphatic hydroxyl groups excluding tert-OH is 1. The van der Waals surface area contributed by atoms with Crippen molar-refractivity contribution in [3.63, 3.8) is 0 Å². The third-order valence-electron chi connectivity index (χ3n) is 5.51. The van der Waals surface area contributed by atoms with Gasteiger partial charge in [-0.2, -0.15) is 0 Å². The average Bonchev–Trinajstić information content (AvgIpc) is 2.93. The topological polar surface area (TPSA) is 32.3 Å². The summed E-state index contributed by atoms with van der Waals surface area (Å²) in [5, 5.41) is 13.6. The van der Waals surface area contributed by atoms with Crippen LogP contribution in [-0.2, 0) is 0 Å². The summed E-state index contributed by atoms with van der Waals surface area (Å²) in [5.41, 5.74) is 1.58. The van der Waals surface area contributed by atoms with Gasteiger partial charge < -0.3 is 10.4 Å². The van der Waals surface area contributed by atoms with E-state index in [4.69, 9.17) is 0 Å². The van der Waals surface area contributed by atoms with E-state index < -0.39 is 0 Å². The average molecular weight is 338 g/mol. The van der Waals surface area contributed by atoms with Crippen LogP contribution in [-0.4, -0.2) is 17.3 Å². The Morgan fingerprint density at radius 2 is 1.65 bits per heavy atom. The minimum absolute atomic E-state index is 0.127. The Labute approximate surface area is 130 Å². The summed E-state index contributed by atoms with van der Waals surface area (Å²) in [6.45, 7) is 0.227. The van der Waals surface area contributed by atoms with Crippen LogP contribution >= 0.6 is 15.9 Å². The van der Waals surface area contributed by atoms with Crippen LogP contribution in [0.1, 0.15) is 51.4 Å². The van der Waals surface area contributed by atoms with Crippen molar-refractivity contribution in [3.05, 3.63) is 28.7 Å². The van der Waals surface area contributed by atoms with E-state index in [1.54, 1.807) is 0 Å². The molecule has 0 unspecified atom stereocenters. The van der Waals surface area contributed by atoms with Gasteiger partial charge in [-0.25, -0.2) is 0 Å². The minimum atomic E-state index is -0.127. The van der Waals surface area contributed by atoms with Crippen molar-refractivity contribution in [2.24, 2.45) is 5.41 Å². The molecule has 2 fully saturated rings. The van der Waals surface area contributed by atoms with E-state index in [1.807, 2.05) is 12.1 Å². The molecule has 1 spiro atoms. The molecular weight excluding hydrogens is 314 g/mol. The second-order valence-corrected chi connectivity index (χ2v) is 7.60. The molecule has 2 aliphatic rings. The number of nitrogens with one attached hydrogen (secondary N) is 1. The molecule has 0 saturated heterocycles. The number of benzene rings is 1. The highest BCUT2D eigenvalue weighted by molar-refractivity contribution is 9.10. The Morgan fingerprint density at radius 1 is 1.00 bits per heavy atom. The molecule has 2 saturated carbocycles. The van der Waals surface area contributed by atoms with Crippen molar-refractivity contribution >= 4 is 21.6 Å². The molecule has 0 bridgehead atoms. The van der Waals surface area contributed by atoms with Crippen LogP contribution in [0, 0.1) is 5.41 Å². The maximum Gasteiger partial charge on any atom is 0.0661 e. The molecule has 0 aliphatic heterocycles. The Kier molecular flexibility index (Phi) is 4.09. The van der Waals surface area contributed by atoms with Gasteiger partial charge in [-0.05, 0) is 72.0 Å². The van der Waals surface area contributed by atoms with Crippen LogP contribution in [0.15, 0.2) is 28.7 Å². The fraction of sp³-hybridized carbons (Fsp3) is 0.647. The fourth-order valence-corrected chi connectivity index (χ4v) is 4.44. The van der Waals surface area contributed by atoms with Gasteiger partial charge in [0.25, 0.3) is 0 Å². The molecule has 2 nitrogen and oxygen atoms in total. The zero-order valence-corrected chi connectivity index (χ0v) is 13.6. The molecule has 2 aliphatic carbocycles. The number of rotatable bonds is 3. The minimum Gasteiger partial charge on any atom is -0.394 e. The SMILES string of the molecule is OCC1(Nc2ccccc2Br)CCC2(CCCC2)CC1. The van der Waals surface area contributed by atoms with Crippen molar-refractivity contribution in [1.29, 1.82) is 0 Å². The van der Waals surface area contributed by atoms with Crippen molar-refractivity contribution < 1.29 is 5.11 Å². The van der Waals surface area contributed by atoms with E-state index in [2.05, 4.69) is 33.4 Å². The summed E-state index contributed by atoms with van der Waals surface area (Å²) in [6, 6.07) is 8.20. The first kappa shape index (κ1) is 14.4. The van der Waals surface area contributed by atoms with Gasteiger partial charge in [0.15, 0.2) is 0 Å². The molecule has 0 atom stereocenters. The summed E-state index contributed by atoms with van der Waals surface area (Å²) in [6.07, 6.45) is 10.3. The maximum absolute atomic E-state index is 9.95. The monoisotopic (exact) mass is 337 g/mol. The smallest absolute Gasteiger partial charge is 0.0661 e. The molecule has 1 aromatic carbocycles. The second-order valence-electron chi connectivity index (χ2n) is 6.75. The molecule has 110 valence electrons. The van der Waals surface area contributed by atoms with Gasteiger partial charge in [0.05, 0.1) is 12.1 Å². The van der Waals surface area contributed by atoms with Crippen molar-refractivity contribution in [3.8, 4) is 0 Å². The van der Waals surface area contributed by atoms with Gasteiger partial charge in [-0.3, -0.25) is 0 Å². The summed E-state index contributed by atoms with van der Waals surface area (Å²) in [5.74, 6) is 0. The first-order valence-corrected chi connectivity index (χ1v) is 8.60. The van der Waals surface area contributed by atoms with E-state index in [1.165, 1.54) is 38.5 Å². The van der Waals surface area contributed by atoms with Crippen LogP contribution in [0.5, 0.6) is 0 Å². The number of para-hydroxylation sites is 1. The Hall–Kier alpha value is -0.540. The van der Waals surface area contributed by atoms with Crippen molar-refractivity contribution in [1.82, 2.24) is 0 Å². The van der Waals surface area contributed by atoms with Crippen molar-refractivity contribution in [2.75, 3.05) is 11.9 Å². The third kappa shape index (κ3) is 2.75. The van der Waals surface area contributed by atoms with E-state index in [-0.39, 0.29) is 12.1 Å². The molecule has 0 heterocycles. The Bertz CT molecular complexity index is 458. The molecule has 0 aromatic heterocycles. The Balaban J connectivity index is 1.72. The number of hydrogen-bond donors (Lipinski definition) is 2. The molecule has 3 rings (SSSR count). The highest BCUT2D eigenvalue weighted by Gasteiger charge is 2.43. The summed E-state index contributed by atoms with van der Waals surface area (Å²) in [4.78, 5) is 0. The first-order valence-electron chi connectivity index (χ1n) is 7.81. The summed E-state index contributed by atoms with van der Waals surface area (Å²) in [7, 11) is 0. The predicted molar refractivity (Wildman–Crippen MR) is 87.0 cm³/mol. The van der Waals surface area contributed by atoms with Gasteiger partial charge in [-0.1, -0.05) is 25.0 Å². The molecule has 20 heavy (non-hydrogen) atoms. The van der Waals surface area contributed by atoms with Crippen molar-refractivity contribution in [2.45, 2.75) is 56.9 Å².